The van der Waals surface area contributed by atoms with Crippen LogP contribution in [0.2, 0.25) is 5.02 Å². The second-order valence-electron chi connectivity index (χ2n) is 9.49. The molecule has 2 fully saturated rings. The van der Waals surface area contributed by atoms with E-state index in [0.29, 0.717) is 50.9 Å². The number of carbonyl (C=O) groups excluding carboxylic acids is 1. The molecule has 1 saturated carbocycles. The fraction of sp³-hybridized carbons (Fsp3) is 0.440. The molecule has 1 amide bonds. The monoisotopic (exact) mass is 589 g/mol. The van der Waals surface area contributed by atoms with E-state index in [1.165, 1.54) is 6.07 Å². The van der Waals surface area contributed by atoms with Crippen LogP contribution in [0, 0.1) is 23.1 Å². The number of carbonyl (C=O) groups is 1. The number of benzene rings is 2. The first-order valence-electron chi connectivity index (χ1n) is 12.0. The molecule has 0 spiro atoms. The highest BCUT2D eigenvalue weighted by atomic mass is 35.5. The largest absolute Gasteiger partial charge is 0.573 e. The van der Waals surface area contributed by atoms with Gasteiger partial charge in [0.2, 0.25) is 10.0 Å². The Morgan fingerprint density at radius 3 is 2.44 bits per heavy atom. The Morgan fingerprint density at radius 2 is 1.82 bits per heavy atom. The lowest BCUT2D eigenvalue weighted by Crippen LogP contribution is -2.35. The average molecular weight is 590 g/mol. The van der Waals surface area contributed by atoms with Crippen LogP contribution in [0.15, 0.2) is 30.3 Å². The average Bonchev–Trinajstić information content (AvgIpc) is 3.68. The van der Waals surface area contributed by atoms with Gasteiger partial charge in [0.05, 0.1) is 23.0 Å². The number of sulfonamides is 1. The molecule has 0 unspecified atom stereocenters. The molecule has 1 aliphatic carbocycles. The fourth-order valence-electron chi connectivity index (χ4n) is 4.26. The van der Waals surface area contributed by atoms with Crippen molar-refractivity contribution in [1.82, 2.24) is 9.62 Å². The summed E-state index contributed by atoms with van der Waals surface area (Å²) >= 11 is 5.94. The number of nitrogens with zero attached hydrogens (tertiary/aromatic N) is 2. The zero-order chi connectivity index (χ0) is 28.4. The normalized spacial score (nSPS) is 16.9. The van der Waals surface area contributed by atoms with E-state index < -0.39 is 38.9 Å². The standard InChI is InChI=1S/C25H24ClF4N3O5S/c26-18-7-16(8-19(10-18)38-25(28,29)30)13-33-5-3-15(4-6-33)14-37-23-11-22(27)21(9-17(23)12-31)24(34)32-39(35,36)20-1-2-20/h7-11,15,20H,1-6,13-14H2,(H,32,34). The highest BCUT2D eigenvalue weighted by molar-refractivity contribution is 7.91. The highest BCUT2D eigenvalue weighted by Gasteiger charge is 2.37. The summed E-state index contributed by atoms with van der Waals surface area (Å²) in [6.07, 6.45) is -2.61. The van der Waals surface area contributed by atoms with Crippen molar-refractivity contribution in [3.8, 4) is 17.6 Å². The predicted octanol–water partition coefficient (Wildman–Crippen LogP) is 4.76. The predicted molar refractivity (Wildman–Crippen MR) is 132 cm³/mol. The molecule has 4 rings (SSSR count). The Kier molecular flexibility index (Phi) is 8.58. The Labute approximate surface area is 227 Å². The second-order valence-corrected chi connectivity index (χ2v) is 11.9. The molecule has 0 aromatic heterocycles. The smallest absolute Gasteiger partial charge is 0.492 e. The first kappa shape index (κ1) is 28.9. The summed E-state index contributed by atoms with van der Waals surface area (Å²) in [7, 11) is -3.88. The number of hydrogen-bond donors (Lipinski definition) is 1. The number of nitriles is 1. The lowest BCUT2D eigenvalue weighted by atomic mass is 9.97. The van der Waals surface area contributed by atoms with Gasteiger partial charge < -0.3 is 9.47 Å². The molecule has 8 nitrogen and oxygen atoms in total. The van der Waals surface area contributed by atoms with Gasteiger partial charge in [-0.15, -0.1) is 13.2 Å². The van der Waals surface area contributed by atoms with Crippen LogP contribution in [-0.4, -0.2) is 50.5 Å². The van der Waals surface area contributed by atoms with Crippen molar-refractivity contribution >= 4 is 27.5 Å². The third kappa shape index (κ3) is 7.97. The van der Waals surface area contributed by atoms with Gasteiger partial charge in [0.1, 0.15) is 23.4 Å². The maximum Gasteiger partial charge on any atom is 0.573 e. The minimum absolute atomic E-state index is 0.0600. The number of likely N-dealkylation sites (tertiary alicyclic amines) is 1. The summed E-state index contributed by atoms with van der Waals surface area (Å²) in [5, 5.41) is 8.93. The van der Waals surface area contributed by atoms with Crippen molar-refractivity contribution in [2.24, 2.45) is 5.92 Å². The zero-order valence-corrected chi connectivity index (χ0v) is 22.0. The lowest BCUT2D eigenvalue weighted by molar-refractivity contribution is -0.274. The van der Waals surface area contributed by atoms with E-state index in [0.717, 1.165) is 18.2 Å². The molecule has 2 aromatic rings. The summed E-state index contributed by atoms with van der Waals surface area (Å²) < 4.78 is 87.8. The first-order chi connectivity index (χ1) is 18.3. The van der Waals surface area contributed by atoms with Crippen LogP contribution in [0.1, 0.15) is 47.2 Å². The van der Waals surface area contributed by atoms with E-state index >= 15 is 0 Å². The number of hydrogen-bond acceptors (Lipinski definition) is 7. The third-order valence-electron chi connectivity index (χ3n) is 6.39. The number of alkyl halides is 3. The summed E-state index contributed by atoms with van der Waals surface area (Å²) in [6, 6.07) is 7.66. The molecule has 0 bridgehead atoms. The molecule has 0 radical (unpaired) electrons. The summed E-state index contributed by atoms with van der Waals surface area (Å²) in [6.45, 7) is 1.77. The quantitative estimate of drug-likeness (QED) is 0.420. The van der Waals surface area contributed by atoms with E-state index in [1.54, 1.807) is 6.07 Å². The maximum atomic E-state index is 14.6. The zero-order valence-electron chi connectivity index (χ0n) is 20.4. The van der Waals surface area contributed by atoms with Crippen LogP contribution in [0.3, 0.4) is 0 Å². The van der Waals surface area contributed by atoms with Crippen molar-refractivity contribution in [3.63, 3.8) is 0 Å². The van der Waals surface area contributed by atoms with E-state index in [2.05, 4.69) is 4.74 Å². The first-order valence-corrected chi connectivity index (χ1v) is 14.0. The second kappa shape index (κ2) is 11.6. The minimum Gasteiger partial charge on any atom is -0.492 e. The van der Waals surface area contributed by atoms with Crippen molar-refractivity contribution in [2.75, 3.05) is 19.7 Å². The van der Waals surface area contributed by atoms with Crippen molar-refractivity contribution in [1.29, 1.82) is 5.26 Å². The molecule has 1 heterocycles. The van der Waals surface area contributed by atoms with Crippen LogP contribution in [0.25, 0.3) is 0 Å². The lowest BCUT2D eigenvalue weighted by Gasteiger charge is -2.32. The van der Waals surface area contributed by atoms with Gasteiger partial charge in [-0.3, -0.25) is 9.69 Å². The van der Waals surface area contributed by atoms with Gasteiger partial charge in [0, 0.05) is 17.6 Å². The van der Waals surface area contributed by atoms with E-state index in [4.69, 9.17) is 16.3 Å². The molecule has 210 valence electrons. The number of nitrogens with one attached hydrogen (secondary N) is 1. The molecule has 2 aliphatic rings. The number of ether oxygens (including phenoxy) is 2. The SMILES string of the molecule is N#Cc1cc(C(=O)NS(=O)(=O)C2CC2)c(F)cc1OCC1CCN(Cc2cc(Cl)cc(OC(F)(F)F)c2)CC1. The van der Waals surface area contributed by atoms with Gasteiger partial charge in [-0.2, -0.15) is 5.26 Å². The Morgan fingerprint density at radius 1 is 1.13 bits per heavy atom. The maximum absolute atomic E-state index is 14.6. The van der Waals surface area contributed by atoms with Crippen LogP contribution < -0.4 is 14.2 Å². The highest BCUT2D eigenvalue weighted by Crippen LogP contribution is 2.30. The van der Waals surface area contributed by atoms with Crippen molar-refractivity contribution in [3.05, 3.63) is 57.9 Å². The van der Waals surface area contributed by atoms with E-state index in [1.807, 2.05) is 15.7 Å². The molecule has 1 N–H and O–H groups in total. The topological polar surface area (TPSA) is 109 Å². The van der Waals surface area contributed by atoms with Crippen LogP contribution in [0.4, 0.5) is 17.6 Å². The van der Waals surface area contributed by atoms with Gasteiger partial charge in [-0.25, -0.2) is 17.5 Å². The van der Waals surface area contributed by atoms with Crippen LogP contribution in [-0.2, 0) is 16.6 Å². The molecule has 0 atom stereocenters. The van der Waals surface area contributed by atoms with E-state index in [9.17, 15) is 36.0 Å². The Bertz CT molecular complexity index is 1390. The summed E-state index contributed by atoms with van der Waals surface area (Å²) in [4.78, 5) is 14.4. The van der Waals surface area contributed by atoms with Gasteiger partial charge in [-0.05, 0) is 74.5 Å². The summed E-state index contributed by atoms with van der Waals surface area (Å²) in [5.41, 5.74) is -0.110. The number of piperidine rings is 1. The third-order valence-corrected chi connectivity index (χ3v) is 8.42. The molecule has 1 aliphatic heterocycles. The molecule has 1 saturated heterocycles. The summed E-state index contributed by atoms with van der Waals surface area (Å²) in [5.74, 6) is -2.55. The number of rotatable bonds is 9. The molecular formula is C25H24ClF4N3O5S. The van der Waals surface area contributed by atoms with Gasteiger partial charge >= 0.3 is 6.36 Å². The van der Waals surface area contributed by atoms with Gasteiger partial charge in [-0.1, -0.05) is 11.6 Å². The Hall–Kier alpha value is -3.08. The van der Waals surface area contributed by atoms with Crippen molar-refractivity contribution < 1.29 is 40.2 Å². The molecular weight excluding hydrogens is 566 g/mol. The van der Waals surface area contributed by atoms with Crippen molar-refractivity contribution in [2.45, 2.75) is 43.8 Å². The minimum atomic E-state index is -4.82. The molecule has 2 aromatic carbocycles. The van der Waals surface area contributed by atoms with Crippen LogP contribution >= 0.6 is 11.6 Å². The van der Waals surface area contributed by atoms with Crippen LogP contribution in [0.5, 0.6) is 11.5 Å². The fourth-order valence-corrected chi connectivity index (χ4v) is 5.80. The number of halogens is 5. The molecule has 14 heteroatoms. The van der Waals surface area contributed by atoms with Gasteiger partial charge in [0.25, 0.3) is 5.91 Å². The van der Waals surface area contributed by atoms with Gasteiger partial charge in [0.15, 0.2) is 0 Å². The van der Waals surface area contributed by atoms with E-state index in [-0.39, 0.29) is 34.6 Å². The molecule has 39 heavy (non-hydrogen) atoms. The Balaban J connectivity index is 1.31. The number of amides is 1.